The van der Waals surface area contributed by atoms with Crippen molar-refractivity contribution in [2.45, 2.75) is 59.3 Å². The predicted octanol–water partition coefficient (Wildman–Crippen LogP) is 10.1. The molecule has 0 heterocycles. The number of azo groups is 1. The van der Waals surface area contributed by atoms with Crippen molar-refractivity contribution < 1.29 is 33.3 Å². The molecule has 0 aliphatic heterocycles. The highest BCUT2D eigenvalue weighted by atomic mass is 16.5. The Hall–Kier alpha value is -5.18. The Kier molecular flexibility index (Phi) is 13.8. The second kappa shape index (κ2) is 18.7. The Morgan fingerprint density at radius 2 is 1.02 bits per heavy atom. The zero-order chi connectivity index (χ0) is 33.3. The maximum Gasteiger partial charge on any atom is 0.343 e. The maximum absolute atomic E-state index is 13.2. The van der Waals surface area contributed by atoms with E-state index in [0.29, 0.717) is 48.1 Å². The SMILES string of the molecule is CCCCCOc1ccc(C(=O)Oc2ccc(N=Nc3ccc(OCC)cc3)c(OC(=O)c3ccc(OCCCCC)cc3)c2)cc1. The summed E-state index contributed by atoms with van der Waals surface area (Å²) < 4.78 is 28.4. The number of rotatable bonds is 18. The second-order valence-corrected chi connectivity index (χ2v) is 10.7. The summed E-state index contributed by atoms with van der Waals surface area (Å²) in [6, 6.07) is 25.2. The fourth-order valence-electron chi connectivity index (χ4n) is 4.39. The van der Waals surface area contributed by atoms with E-state index in [0.717, 1.165) is 44.3 Å². The molecule has 4 aromatic carbocycles. The highest BCUT2D eigenvalue weighted by Crippen LogP contribution is 2.34. The average Bonchev–Trinajstić information content (AvgIpc) is 3.09. The minimum absolute atomic E-state index is 0.0747. The van der Waals surface area contributed by atoms with Crippen molar-refractivity contribution in [2.24, 2.45) is 10.2 Å². The van der Waals surface area contributed by atoms with E-state index < -0.39 is 11.9 Å². The van der Waals surface area contributed by atoms with Gasteiger partial charge in [-0.2, -0.15) is 5.11 Å². The zero-order valence-corrected chi connectivity index (χ0v) is 27.3. The number of hydrogen-bond acceptors (Lipinski definition) is 9. The van der Waals surface area contributed by atoms with Gasteiger partial charge in [0.25, 0.3) is 0 Å². The number of carbonyl (C=O) groups is 2. The van der Waals surface area contributed by atoms with E-state index in [-0.39, 0.29) is 17.2 Å². The number of esters is 2. The Balaban J connectivity index is 1.49. The summed E-state index contributed by atoms with van der Waals surface area (Å²) in [6.45, 7) is 7.98. The van der Waals surface area contributed by atoms with Crippen LogP contribution in [0.1, 0.15) is 80.0 Å². The first-order valence-electron chi connectivity index (χ1n) is 16.2. The zero-order valence-electron chi connectivity index (χ0n) is 27.3. The summed E-state index contributed by atoms with van der Waals surface area (Å²) in [5.41, 5.74) is 1.52. The molecule has 0 saturated heterocycles. The topological polar surface area (TPSA) is 105 Å². The molecule has 0 radical (unpaired) electrons. The highest BCUT2D eigenvalue weighted by molar-refractivity contribution is 5.93. The number of benzene rings is 4. The first-order chi connectivity index (χ1) is 23.0. The van der Waals surface area contributed by atoms with Crippen molar-refractivity contribution in [2.75, 3.05) is 19.8 Å². The van der Waals surface area contributed by atoms with Crippen LogP contribution in [0.25, 0.3) is 0 Å². The first-order valence-corrected chi connectivity index (χ1v) is 16.2. The molecule has 4 rings (SSSR count). The predicted molar refractivity (Wildman–Crippen MR) is 181 cm³/mol. The van der Waals surface area contributed by atoms with Crippen LogP contribution in [0.15, 0.2) is 101 Å². The number of hydrogen-bond donors (Lipinski definition) is 0. The Bertz CT molecular complexity index is 1580. The average molecular weight is 639 g/mol. The van der Waals surface area contributed by atoms with Gasteiger partial charge in [0.2, 0.25) is 0 Å². The van der Waals surface area contributed by atoms with E-state index in [1.165, 1.54) is 6.07 Å². The molecule has 0 aliphatic rings. The van der Waals surface area contributed by atoms with E-state index >= 15 is 0 Å². The van der Waals surface area contributed by atoms with E-state index in [9.17, 15) is 9.59 Å². The van der Waals surface area contributed by atoms with Gasteiger partial charge in [0.05, 0.1) is 36.6 Å². The molecule has 9 heteroatoms. The molecule has 0 unspecified atom stereocenters. The summed E-state index contributed by atoms with van der Waals surface area (Å²) in [5.74, 6) is 1.15. The molecule has 0 bridgehead atoms. The summed E-state index contributed by atoms with van der Waals surface area (Å²) >= 11 is 0. The Morgan fingerprint density at radius 1 is 0.532 bits per heavy atom. The molecule has 0 N–H and O–H groups in total. The quantitative estimate of drug-likeness (QED) is 0.0462. The first kappa shape index (κ1) is 34.7. The summed E-state index contributed by atoms with van der Waals surface area (Å²) in [7, 11) is 0. The van der Waals surface area contributed by atoms with E-state index in [1.54, 1.807) is 84.9 Å². The van der Waals surface area contributed by atoms with Crippen molar-refractivity contribution in [1.29, 1.82) is 0 Å². The Labute approximate surface area is 276 Å². The highest BCUT2D eigenvalue weighted by Gasteiger charge is 2.16. The molecule has 0 amide bonds. The molecule has 0 aromatic heterocycles. The third-order valence-corrected chi connectivity index (χ3v) is 6.98. The van der Waals surface area contributed by atoms with Crippen molar-refractivity contribution in [3.63, 3.8) is 0 Å². The summed E-state index contributed by atoms with van der Waals surface area (Å²) in [5, 5.41) is 8.61. The van der Waals surface area contributed by atoms with Crippen molar-refractivity contribution in [1.82, 2.24) is 0 Å². The van der Waals surface area contributed by atoms with Gasteiger partial charge < -0.3 is 23.7 Å². The third-order valence-electron chi connectivity index (χ3n) is 6.98. The molecule has 4 aromatic rings. The normalized spacial score (nSPS) is 10.9. The van der Waals surface area contributed by atoms with Crippen LogP contribution in [0.5, 0.6) is 28.7 Å². The van der Waals surface area contributed by atoms with Crippen molar-refractivity contribution in [3.8, 4) is 28.7 Å². The van der Waals surface area contributed by atoms with Gasteiger partial charge in [0.15, 0.2) is 5.75 Å². The molecular formula is C38H42N2O7. The summed E-state index contributed by atoms with van der Waals surface area (Å²) in [6.07, 6.45) is 6.36. The maximum atomic E-state index is 13.2. The minimum Gasteiger partial charge on any atom is -0.494 e. The minimum atomic E-state index is -0.613. The lowest BCUT2D eigenvalue weighted by Crippen LogP contribution is -2.10. The van der Waals surface area contributed by atoms with Crippen LogP contribution in [0.4, 0.5) is 11.4 Å². The largest absolute Gasteiger partial charge is 0.494 e. The van der Waals surface area contributed by atoms with Gasteiger partial charge in [-0.15, -0.1) is 5.11 Å². The van der Waals surface area contributed by atoms with Gasteiger partial charge in [-0.25, -0.2) is 9.59 Å². The van der Waals surface area contributed by atoms with Gasteiger partial charge >= 0.3 is 11.9 Å². The monoisotopic (exact) mass is 638 g/mol. The van der Waals surface area contributed by atoms with Crippen LogP contribution in [0.2, 0.25) is 0 Å². The Morgan fingerprint density at radius 3 is 1.55 bits per heavy atom. The third kappa shape index (κ3) is 11.3. The van der Waals surface area contributed by atoms with Crippen LogP contribution < -0.4 is 23.7 Å². The smallest absolute Gasteiger partial charge is 0.343 e. The van der Waals surface area contributed by atoms with Crippen LogP contribution in [-0.4, -0.2) is 31.8 Å². The van der Waals surface area contributed by atoms with Gasteiger partial charge in [-0.05, 0) is 105 Å². The van der Waals surface area contributed by atoms with E-state index in [4.69, 9.17) is 23.7 Å². The van der Waals surface area contributed by atoms with Crippen LogP contribution in [-0.2, 0) is 0 Å². The second-order valence-electron chi connectivity index (χ2n) is 10.7. The number of nitrogens with zero attached hydrogens (tertiary/aromatic N) is 2. The molecule has 0 spiro atoms. The fourth-order valence-corrected chi connectivity index (χ4v) is 4.39. The lowest BCUT2D eigenvalue weighted by Gasteiger charge is -2.11. The van der Waals surface area contributed by atoms with Crippen molar-refractivity contribution in [3.05, 3.63) is 102 Å². The molecular weight excluding hydrogens is 596 g/mol. The van der Waals surface area contributed by atoms with Gasteiger partial charge in [0.1, 0.15) is 28.7 Å². The molecule has 246 valence electrons. The number of carbonyl (C=O) groups excluding carboxylic acids is 2. The van der Waals surface area contributed by atoms with E-state index in [1.807, 2.05) is 6.92 Å². The fraction of sp³-hybridized carbons (Fsp3) is 0.316. The van der Waals surface area contributed by atoms with Gasteiger partial charge in [0, 0.05) is 6.07 Å². The number of unbranched alkanes of at least 4 members (excludes halogenated alkanes) is 4. The molecule has 0 aliphatic carbocycles. The van der Waals surface area contributed by atoms with Crippen LogP contribution >= 0.6 is 0 Å². The van der Waals surface area contributed by atoms with Crippen molar-refractivity contribution >= 4 is 23.3 Å². The molecule has 0 atom stereocenters. The van der Waals surface area contributed by atoms with Gasteiger partial charge in [-0.1, -0.05) is 39.5 Å². The lowest BCUT2D eigenvalue weighted by molar-refractivity contribution is 0.0733. The molecule has 47 heavy (non-hydrogen) atoms. The molecule has 0 fully saturated rings. The number of ether oxygens (including phenoxy) is 5. The van der Waals surface area contributed by atoms with Crippen LogP contribution in [0.3, 0.4) is 0 Å². The lowest BCUT2D eigenvalue weighted by atomic mass is 10.2. The standard InChI is InChI=1S/C38H42N2O7/c1-4-7-9-25-44-32-17-11-28(12-18-32)37(41)46-34-23-24-35(40-39-30-15-21-31(22-16-30)43-6-3)36(27-34)47-38(42)29-13-19-33(20-14-29)45-26-10-8-5-2/h11-24,27H,4-10,25-26H2,1-3H3. The summed E-state index contributed by atoms with van der Waals surface area (Å²) in [4.78, 5) is 26.1. The van der Waals surface area contributed by atoms with E-state index in [2.05, 4.69) is 24.1 Å². The van der Waals surface area contributed by atoms with Gasteiger partial charge in [-0.3, -0.25) is 0 Å². The van der Waals surface area contributed by atoms with Crippen LogP contribution in [0, 0.1) is 0 Å². The molecule has 0 saturated carbocycles. The molecule has 9 nitrogen and oxygen atoms in total.